The van der Waals surface area contributed by atoms with Gasteiger partial charge in [0.15, 0.2) is 5.78 Å². The molecule has 0 saturated carbocycles. The van der Waals surface area contributed by atoms with Crippen molar-refractivity contribution in [1.29, 1.82) is 0 Å². The predicted molar refractivity (Wildman–Crippen MR) is 91.3 cm³/mol. The van der Waals surface area contributed by atoms with Crippen molar-refractivity contribution in [3.63, 3.8) is 0 Å². The highest BCUT2D eigenvalue weighted by Gasteiger charge is 2.21. The van der Waals surface area contributed by atoms with Crippen LogP contribution < -0.4 is 5.73 Å². The van der Waals surface area contributed by atoms with Gasteiger partial charge in [-0.05, 0) is 18.6 Å². The van der Waals surface area contributed by atoms with Gasteiger partial charge in [-0.1, -0.05) is 48.5 Å². The van der Waals surface area contributed by atoms with Gasteiger partial charge in [-0.3, -0.25) is 14.4 Å². The largest absolute Gasteiger partial charge is 0.480 e. The molecule has 0 aromatic heterocycles. The van der Waals surface area contributed by atoms with E-state index in [-0.39, 0.29) is 5.78 Å². The molecule has 0 aliphatic rings. The van der Waals surface area contributed by atoms with Crippen LogP contribution in [0.4, 0.5) is 0 Å². The van der Waals surface area contributed by atoms with Crippen molar-refractivity contribution in [3.8, 4) is 0 Å². The fraction of sp³-hybridized carbons (Fsp3) is 0.211. The molecule has 0 heterocycles. The van der Waals surface area contributed by atoms with Gasteiger partial charge < -0.3 is 15.6 Å². The predicted octanol–water partition coefficient (Wildman–Crippen LogP) is 1.98. The molecule has 0 aliphatic carbocycles. The fourth-order valence-corrected chi connectivity index (χ4v) is 2.21. The Labute approximate surface area is 145 Å². The summed E-state index contributed by atoms with van der Waals surface area (Å²) in [5.41, 5.74) is 6.94. The molecule has 0 aliphatic heterocycles. The van der Waals surface area contributed by atoms with E-state index in [2.05, 4.69) is 0 Å². The van der Waals surface area contributed by atoms with Crippen molar-refractivity contribution in [3.05, 3.63) is 71.3 Å². The van der Waals surface area contributed by atoms with Crippen LogP contribution in [-0.2, 0) is 14.3 Å². The molecule has 25 heavy (non-hydrogen) atoms. The minimum atomic E-state index is -1.26. The summed E-state index contributed by atoms with van der Waals surface area (Å²) in [6, 6.07) is 14.3. The lowest BCUT2D eigenvalue weighted by molar-refractivity contribution is -0.148. The number of nitrogens with two attached hydrogens (primary N) is 1. The molecule has 2 aromatic rings. The first-order chi connectivity index (χ1) is 11.9. The van der Waals surface area contributed by atoms with Gasteiger partial charge >= 0.3 is 11.9 Å². The lowest BCUT2D eigenvalue weighted by atomic mass is 9.96. The lowest BCUT2D eigenvalue weighted by Gasteiger charge is -2.14. The van der Waals surface area contributed by atoms with E-state index in [1.54, 1.807) is 55.5 Å². The van der Waals surface area contributed by atoms with Crippen LogP contribution in [-0.4, -0.2) is 35.5 Å². The summed E-state index contributed by atoms with van der Waals surface area (Å²) in [4.78, 5) is 35.2. The van der Waals surface area contributed by atoms with Crippen molar-refractivity contribution in [2.45, 2.75) is 18.9 Å². The molecule has 0 radical (unpaired) electrons. The number of hydrogen-bond donors (Lipinski definition) is 2. The maximum atomic E-state index is 12.5. The molecule has 2 aromatic carbocycles. The standard InChI is InChI=1S/C19H19NO5/c1-12(19(24)25-11-16(20)18(22)23)14-8-5-9-15(10-14)17(21)13-6-3-2-4-7-13/h2-10,12,16H,11,20H2,1H3,(H,22,23). The van der Waals surface area contributed by atoms with E-state index in [0.717, 1.165) is 0 Å². The molecule has 6 heteroatoms. The van der Waals surface area contributed by atoms with Crippen LogP contribution in [0.5, 0.6) is 0 Å². The van der Waals surface area contributed by atoms with E-state index >= 15 is 0 Å². The molecule has 0 saturated heterocycles. The molecule has 0 bridgehead atoms. The zero-order valence-corrected chi connectivity index (χ0v) is 13.7. The molecule has 0 fully saturated rings. The van der Waals surface area contributed by atoms with Gasteiger partial charge in [0.2, 0.25) is 0 Å². The highest BCUT2D eigenvalue weighted by atomic mass is 16.5. The number of esters is 1. The maximum absolute atomic E-state index is 12.5. The highest BCUT2D eigenvalue weighted by molar-refractivity contribution is 6.09. The number of carboxylic acid groups (broad SMARTS) is 1. The number of hydrogen-bond acceptors (Lipinski definition) is 5. The Kier molecular flexibility index (Phi) is 6.03. The first-order valence-electron chi connectivity index (χ1n) is 7.75. The number of ketones is 1. The summed E-state index contributed by atoms with van der Waals surface area (Å²) in [7, 11) is 0. The zero-order chi connectivity index (χ0) is 18.4. The fourth-order valence-electron chi connectivity index (χ4n) is 2.21. The molecule has 0 spiro atoms. The Balaban J connectivity index is 2.11. The van der Waals surface area contributed by atoms with Gasteiger partial charge in [-0.15, -0.1) is 0 Å². The van der Waals surface area contributed by atoms with E-state index in [0.29, 0.717) is 16.7 Å². The number of carboxylic acids is 1. The Bertz CT molecular complexity index is 772. The van der Waals surface area contributed by atoms with E-state index < -0.39 is 30.5 Å². The van der Waals surface area contributed by atoms with E-state index in [9.17, 15) is 14.4 Å². The summed E-state index contributed by atoms with van der Waals surface area (Å²) in [6.07, 6.45) is 0. The number of aliphatic carboxylic acids is 1. The molecular formula is C19H19NO5. The normalized spacial score (nSPS) is 12.9. The van der Waals surface area contributed by atoms with Gasteiger partial charge in [0, 0.05) is 11.1 Å². The maximum Gasteiger partial charge on any atom is 0.324 e. The summed E-state index contributed by atoms with van der Waals surface area (Å²) >= 11 is 0. The van der Waals surface area contributed by atoms with Crippen molar-refractivity contribution >= 4 is 17.7 Å². The monoisotopic (exact) mass is 341 g/mol. The van der Waals surface area contributed by atoms with Crippen LogP contribution >= 0.6 is 0 Å². The lowest BCUT2D eigenvalue weighted by Crippen LogP contribution is -2.36. The molecule has 2 atom stereocenters. The van der Waals surface area contributed by atoms with Crippen LogP contribution in [0.2, 0.25) is 0 Å². The number of benzene rings is 2. The Morgan fingerprint density at radius 3 is 2.32 bits per heavy atom. The summed E-state index contributed by atoms with van der Waals surface area (Å²) < 4.78 is 4.94. The average molecular weight is 341 g/mol. The third-order valence-corrected chi connectivity index (χ3v) is 3.76. The van der Waals surface area contributed by atoms with Crippen molar-refractivity contribution in [2.24, 2.45) is 5.73 Å². The Morgan fingerprint density at radius 2 is 1.68 bits per heavy atom. The van der Waals surface area contributed by atoms with E-state index in [1.165, 1.54) is 0 Å². The Hall–Kier alpha value is -2.99. The van der Waals surface area contributed by atoms with Gasteiger partial charge in [0.05, 0.1) is 5.92 Å². The minimum Gasteiger partial charge on any atom is -0.480 e. The second-order valence-corrected chi connectivity index (χ2v) is 5.62. The quantitative estimate of drug-likeness (QED) is 0.589. The van der Waals surface area contributed by atoms with Gasteiger partial charge in [-0.25, -0.2) is 0 Å². The molecule has 6 nitrogen and oxygen atoms in total. The van der Waals surface area contributed by atoms with E-state index in [1.807, 2.05) is 6.07 Å². The minimum absolute atomic E-state index is 0.143. The second-order valence-electron chi connectivity index (χ2n) is 5.62. The smallest absolute Gasteiger partial charge is 0.324 e. The number of carbonyl (C=O) groups excluding carboxylic acids is 2. The molecule has 2 unspecified atom stereocenters. The number of ether oxygens (including phenoxy) is 1. The topological polar surface area (TPSA) is 107 Å². The summed E-state index contributed by atoms with van der Waals surface area (Å²) in [5, 5.41) is 8.70. The molecule has 3 N–H and O–H groups in total. The van der Waals surface area contributed by atoms with Crippen molar-refractivity contribution < 1.29 is 24.2 Å². The summed E-state index contributed by atoms with van der Waals surface area (Å²) in [5.74, 6) is -2.63. The first-order valence-corrected chi connectivity index (χ1v) is 7.75. The molecular weight excluding hydrogens is 322 g/mol. The van der Waals surface area contributed by atoms with Crippen LogP contribution in [0.15, 0.2) is 54.6 Å². The van der Waals surface area contributed by atoms with Crippen molar-refractivity contribution in [2.75, 3.05) is 6.61 Å². The molecule has 0 amide bonds. The van der Waals surface area contributed by atoms with Crippen LogP contribution in [0.25, 0.3) is 0 Å². The Morgan fingerprint density at radius 1 is 1.04 bits per heavy atom. The third-order valence-electron chi connectivity index (χ3n) is 3.76. The highest BCUT2D eigenvalue weighted by Crippen LogP contribution is 2.20. The van der Waals surface area contributed by atoms with E-state index in [4.69, 9.17) is 15.6 Å². The summed E-state index contributed by atoms with van der Waals surface area (Å²) in [6.45, 7) is 1.22. The van der Waals surface area contributed by atoms with Crippen LogP contribution in [0.1, 0.15) is 34.3 Å². The first kappa shape index (κ1) is 18.4. The molecule has 130 valence electrons. The van der Waals surface area contributed by atoms with Gasteiger partial charge in [0.25, 0.3) is 0 Å². The van der Waals surface area contributed by atoms with Crippen LogP contribution in [0, 0.1) is 0 Å². The third kappa shape index (κ3) is 4.74. The van der Waals surface area contributed by atoms with Crippen LogP contribution in [0.3, 0.4) is 0 Å². The van der Waals surface area contributed by atoms with Crippen molar-refractivity contribution in [1.82, 2.24) is 0 Å². The number of rotatable bonds is 7. The second kappa shape index (κ2) is 8.21. The SMILES string of the molecule is CC(C(=O)OCC(N)C(=O)O)c1cccc(C(=O)c2ccccc2)c1. The number of carbonyl (C=O) groups is 3. The van der Waals surface area contributed by atoms with Gasteiger partial charge in [-0.2, -0.15) is 0 Å². The van der Waals surface area contributed by atoms with Gasteiger partial charge in [0.1, 0.15) is 12.6 Å². The average Bonchev–Trinajstić information content (AvgIpc) is 2.65. The molecule has 2 rings (SSSR count). The zero-order valence-electron chi connectivity index (χ0n) is 13.7.